The van der Waals surface area contributed by atoms with Gasteiger partial charge in [0.2, 0.25) is 0 Å². The first-order valence-corrected chi connectivity index (χ1v) is 8.28. The number of nitrogens with zero attached hydrogens (tertiary/aromatic N) is 3. The van der Waals surface area contributed by atoms with E-state index in [1.165, 1.54) is 0 Å². The maximum absolute atomic E-state index is 12.8. The number of morpholine rings is 1. The number of amides is 1. The van der Waals surface area contributed by atoms with Crippen LogP contribution in [0.1, 0.15) is 37.0 Å². The molecule has 1 aliphatic rings. The summed E-state index contributed by atoms with van der Waals surface area (Å²) in [5, 5.41) is 5.20. The minimum absolute atomic E-state index is 0.0563. The molecule has 0 bridgehead atoms. The molecule has 20 heavy (non-hydrogen) atoms. The number of aryl methyl sites for hydroxylation is 2. The first kappa shape index (κ1) is 15.5. The van der Waals surface area contributed by atoms with Gasteiger partial charge in [0.05, 0.1) is 24.4 Å². The van der Waals surface area contributed by atoms with Crippen molar-refractivity contribution < 1.29 is 9.53 Å². The third-order valence-corrected chi connectivity index (χ3v) is 4.37. The quantitative estimate of drug-likeness (QED) is 0.786. The van der Waals surface area contributed by atoms with Gasteiger partial charge in [0.15, 0.2) is 0 Å². The van der Waals surface area contributed by atoms with Crippen molar-refractivity contribution in [3.63, 3.8) is 0 Å². The first-order valence-electron chi connectivity index (χ1n) is 7.15. The second kappa shape index (κ2) is 6.72. The highest BCUT2D eigenvalue weighted by molar-refractivity contribution is 9.09. The molecule has 1 aromatic heterocycles. The second-order valence-corrected chi connectivity index (χ2v) is 5.75. The molecule has 2 heterocycles. The zero-order valence-corrected chi connectivity index (χ0v) is 13.9. The normalized spacial score (nSPS) is 23.1. The van der Waals surface area contributed by atoms with Crippen LogP contribution in [0.25, 0.3) is 0 Å². The maximum atomic E-state index is 12.8. The van der Waals surface area contributed by atoms with E-state index < -0.39 is 0 Å². The molecule has 0 spiro atoms. The highest BCUT2D eigenvalue weighted by Gasteiger charge is 2.31. The van der Waals surface area contributed by atoms with Gasteiger partial charge in [0.25, 0.3) is 5.91 Å². The number of aromatic nitrogens is 2. The lowest BCUT2D eigenvalue weighted by Gasteiger charge is -2.37. The Bertz CT molecular complexity index is 475. The van der Waals surface area contributed by atoms with Crippen LogP contribution >= 0.6 is 15.9 Å². The van der Waals surface area contributed by atoms with Gasteiger partial charge in [-0.05, 0) is 26.3 Å². The molecular weight excluding hydrogens is 322 g/mol. The van der Waals surface area contributed by atoms with Gasteiger partial charge < -0.3 is 9.64 Å². The summed E-state index contributed by atoms with van der Waals surface area (Å²) in [6.45, 7) is 8.00. The lowest BCUT2D eigenvalue weighted by Crippen LogP contribution is -2.51. The smallest absolute Gasteiger partial charge is 0.272 e. The summed E-state index contributed by atoms with van der Waals surface area (Å²) in [6.07, 6.45) is 0.912. The summed E-state index contributed by atoms with van der Waals surface area (Å²) in [4.78, 5) is 14.7. The molecule has 112 valence electrons. The van der Waals surface area contributed by atoms with Crippen LogP contribution in [0.2, 0.25) is 0 Å². The van der Waals surface area contributed by atoms with Crippen molar-refractivity contribution in [2.45, 2.75) is 45.9 Å². The van der Waals surface area contributed by atoms with E-state index in [-0.39, 0.29) is 18.1 Å². The van der Waals surface area contributed by atoms with Crippen LogP contribution < -0.4 is 0 Å². The Morgan fingerprint density at radius 2 is 2.30 bits per heavy atom. The van der Waals surface area contributed by atoms with Crippen molar-refractivity contribution in [1.82, 2.24) is 14.7 Å². The SMILES string of the molecule is CCc1cc(C(=O)N2CC(CBr)OCC2C)n(CC)n1. The molecule has 1 amide bonds. The average molecular weight is 344 g/mol. The number of alkyl halides is 1. The fourth-order valence-corrected chi connectivity index (χ4v) is 2.79. The monoisotopic (exact) mass is 343 g/mol. The predicted octanol–water partition coefficient (Wildman–Crippen LogP) is 2.09. The van der Waals surface area contributed by atoms with Gasteiger partial charge in [0, 0.05) is 18.4 Å². The van der Waals surface area contributed by atoms with Crippen LogP contribution in [0.5, 0.6) is 0 Å². The molecule has 1 aliphatic heterocycles. The Kier molecular flexibility index (Phi) is 5.21. The van der Waals surface area contributed by atoms with Gasteiger partial charge in [-0.25, -0.2) is 0 Å². The summed E-state index contributed by atoms with van der Waals surface area (Å²) in [6, 6.07) is 2.01. The van der Waals surface area contributed by atoms with Gasteiger partial charge in [0.1, 0.15) is 5.69 Å². The van der Waals surface area contributed by atoms with Crippen LogP contribution in [-0.4, -0.2) is 51.2 Å². The zero-order chi connectivity index (χ0) is 14.7. The topological polar surface area (TPSA) is 47.4 Å². The molecular formula is C14H22BrN3O2. The Balaban J connectivity index is 2.23. The van der Waals surface area contributed by atoms with Crippen LogP contribution in [0.4, 0.5) is 0 Å². The number of rotatable bonds is 4. The second-order valence-electron chi connectivity index (χ2n) is 5.11. The number of ether oxygens (including phenoxy) is 1. The van der Waals surface area contributed by atoms with Crippen LogP contribution in [0, 0.1) is 0 Å². The molecule has 0 aromatic carbocycles. The van der Waals surface area contributed by atoms with E-state index in [1.807, 2.05) is 24.8 Å². The number of hydrogen-bond acceptors (Lipinski definition) is 3. The van der Waals surface area contributed by atoms with Gasteiger partial charge in [-0.1, -0.05) is 22.9 Å². The standard InChI is InChI=1S/C14H22BrN3O2/c1-4-11-6-13(18(5-2)16-11)14(19)17-8-12(7-15)20-9-10(17)3/h6,10,12H,4-5,7-9H2,1-3H3. The van der Waals surface area contributed by atoms with Crippen molar-refractivity contribution in [2.24, 2.45) is 0 Å². The Morgan fingerprint density at radius 3 is 2.90 bits per heavy atom. The van der Waals surface area contributed by atoms with E-state index in [9.17, 15) is 4.79 Å². The maximum Gasteiger partial charge on any atom is 0.272 e. The van der Waals surface area contributed by atoms with Crippen molar-refractivity contribution >= 4 is 21.8 Å². The highest BCUT2D eigenvalue weighted by atomic mass is 79.9. The molecule has 2 rings (SSSR count). The van der Waals surface area contributed by atoms with E-state index in [4.69, 9.17) is 4.74 Å². The molecule has 0 radical (unpaired) electrons. The summed E-state index contributed by atoms with van der Waals surface area (Å²) in [7, 11) is 0. The van der Waals surface area contributed by atoms with Gasteiger partial charge >= 0.3 is 0 Å². The molecule has 1 saturated heterocycles. The largest absolute Gasteiger partial charge is 0.373 e. The van der Waals surface area contributed by atoms with Gasteiger partial charge in [-0.15, -0.1) is 0 Å². The fourth-order valence-electron chi connectivity index (χ4n) is 2.40. The van der Waals surface area contributed by atoms with Crippen LogP contribution in [0.15, 0.2) is 6.07 Å². The zero-order valence-electron chi connectivity index (χ0n) is 12.3. The highest BCUT2D eigenvalue weighted by Crippen LogP contribution is 2.17. The molecule has 5 nitrogen and oxygen atoms in total. The molecule has 2 unspecified atom stereocenters. The van der Waals surface area contributed by atoms with E-state index in [2.05, 4.69) is 28.0 Å². The van der Waals surface area contributed by atoms with Gasteiger partial charge in [-0.3, -0.25) is 9.48 Å². The minimum atomic E-state index is 0.0563. The lowest BCUT2D eigenvalue weighted by atomic mass is 10.2. The number of carbonyl (C=O) groups excluding carboxylic acids is 1. The summed E-state index contributed by atoms with van der Waals surface area (Å²) in [5.41, 5.74) is 1.65. The van der Waals surface area contributed by atoms with Crippen molar-refractivity contribution in [1.29, 1.82) is 0 Å². The number of carbonyl (C=O) groups is 1. The summed E-state index contributed by atoms with van der Waals surface area (Å²) >= 11 is 3.43. The number of halogens is 1. The molecule has 0 N–H and O–H groups in total. The van der Waals surface area contributed by atoms with Crippen LogP contribution in [-0.2, 0) is 17.7 Å². The summed E-state index contributed by atoms with van der Waals surface area (Å²) in [5.74, 6) is 0.0563. The Hall–Kier alpha value is -0.880. The van der Waals surface area contributed by atoms with E-state index in [1.54, 1.807) is 4.68 Å². The Morgan fingerprint density at radius 1 is 1.55 bits per heavy atom. The van der Waals surface area contributed by atoms with Crippen molar-refractivity contribution in [3.05, 3.63) is 17.5 Å². The molecule has 0 saturated carbocycles. The van der Waals surface area contributed by atoms with E-state index in [0.29, 0.717) is 25.4 Å². The molecule has 1 aromatic rings. The molecule has 6 heteroatoms. The summed E-state index contributed by atoms with van der Waals surface area (Å²) < 4.78 is 7.47. The third-order valence-electron chi connectivity index (χ3n) is 3.65. The third kappa shape index (κ3) is 3.06. The predicted molar refractivity (Wildman–Crippen MR) is 81.3 cm³/mol. The first-order chi connectivity index (χ1) is 9.60. The van der Waals surface area contributed by atoms with Gasteiger partial charge in [-0.2, -0.15) is 5.10 Å². The van der Waals surface area contributed by atoms with Crippen LogP contribution in [0.3, 0.4) is 0 Å². The molecule has 1 fully saturated rings. The fraction of sp³-hybridized carbons (Fsp3) is 0.714. The van der Waals surface area contributed by atoms with Crippen molar-refractivity contribution in [2.75, 3.05) is 18.5 Å². The Labute approximate surface area is 128 Å². The van der Waals surface area contributed by atoms with E-state index >= 15 is 0 Å². The van der Waals surface area contributed by atoms with Crippen molar-refractivity contribution in [3.8, 4) is 0 Å². The average Bonchev–Trinajstić information content (AvgIpc) is 2.90. The minimum Gasteiger partial charge on any atom is -0.373 e. The van der Waals surface area contributed by atoms with E-state index in [0.717, 1.165) is 17.4 Å². The molecule has 0 aliphatic carbocycles. The number of hydrogen-bond donors (Lipinski definition) is 0. The lowest BCUT2D eigenvalue weighted by molar-refractivity contribution is -0.0365. The molecule has 2 atom stereocenters.